The third kappa shape index (κ3) is 2.70. The van der Waals surface area contributed by atoms with Crippen molar-refractivity contribution in [1.29, 1.82) is 0 Å². The summed E-state index contributed by atoms with van der Waals surface area (Å²) >= 11 is 0. The predicted molar refractivity (Wildman–Crippen MR) is 55.0 cm³/mol. The Morgan fingerprint density at radius 2 is 1.87 bits per heavy atom. The molecule has 1 heterocycles. The Morgan fingerprint density at radius 3 is 2.33 bits per heavy atom. The molecule has 0 radical (unpaired) electrons. The van der Waals surface area contributed by atoms with Gasteiger partial charge in [0, 0.05) is 0 Å². The standard InChI is InChI=1S/C11H18O4/c1-5-7(12)9-10(8(13)6-2)15-11(3,4)14-9/h1,7-10,12-13H,6H2,2-4H3/t7-,8+,9-,10+/m0/s1. The molecule has 0 bridgehead atoms. The van der Waals surface area contributed by atoms with Gasteiger partial charge in [0.05, 0.1) is 6.10 Å². The molecule has 0 spiro atoms. The van der Waals surface area contributed by atoms with Crippen molar-refractivity contribution in [2.45, 2.75) is 57.4 Å². The van der Waals surface area contributed by atoms with E-state index < -0.39 is 30.2 Å². The quantitative estimate of drug-likeness (QED) is 0.662. The van der Waals surface area contributed by atoms with Crippen molar-refractivity contribution in [3.05, 3.63) is 0 Å². The lowest BCUT2D eigenvalue weighted by atomic mass is 10.0. The van der Waals surface area contributed by atoms with Crippen LogP contribution < -0.4 is 0 Å². The van der Waals surface area contributed by atoms with Crippen LogP contribution in [0.3, 0.4) is 0 Å². The summed E-state index contributed by atoms with van der Waals surface area (Å²) in [5.41, 5.74) is 0. The van der Waals surface area contributed by atoms with Crippen molar-refractivity contribution in [1.82, 2.24) is 0 Å². The van der Waals surface area contributed by atoms with Gasteiger partial charge in [0.15, 0.2) is 5.79 Å². The molecule has 2 N–H and O–H groups in total. The number of aliphatic hydroxyl groups excluding tert-OH is 2. The van der Waals surface area contributed by atoms with E-state index in [-0.39, 0.29) is 0 Å². The SMILES string of the molecule is C#C[C@H](O)[C@@H]1OC(C)(C)O[C@@H]1[C@H](O)CC. The Labute approximate surface area is 90.2 Å². The van der Waals surface area contributed by atoms with Gasteiger partial charge in [-0.05, 0) is 20.3 Å². The molecule has 4 heteroatoms. The lowest BCUT2D eigenvalue weighted by molar-refractivity contribution is -0.158. The van der Waals surface area contributed by atoms with E-state index >= 15 is 0 Å². The molecule has 0 saturated carbocycles. The third-order valence-corrected chi connectivity index (χ3v) is 2.44. The first-order chi connectivity index (χ1) is 6.91. The number of rotatable bonds is 3. The van der Waals surface area contributed by atoms with Gasteiger partial charge >= 0.3 is 0 Å². The van der Waals surface area contributed by atoms with E-state index in [0.29, 0.717) is 6.42 Å². The zero-order valence-electron chi connectivity index (χ0n) is 9.30. The maximum Gasteiger partial charge on any atom is 0.164 e. The summed E-state index contributed by atoms with van der Waals surface area (Å²) in [6.45, 7) is 5.29. The van der Waals surface area contributed by atoms with E-state index in [4.69, 9.17) is 15.9 Å². The minimum atomic E-state index is -1.06. The first kappa shape index (κ1) is 12.5. The number of aliphatic hydroxyl groups is 2. The van der Waals surface area contributed by atoms with E-state index in [9.17, 15) is 10.2 Å². The van der Waals surface area contributed by atoms with Crippen molar-refractivity contribution in [3.63, 3.8) is 0 Å². The molecule has 0 aromatic carbocycles. The van der Waals surface area contributed by atoms with Gasteiger partial charge in [0.2, 0.25) is 0 Å². The minimum Gasteiger partial charge on any atom is -0.390 e. The van der Waals surface area contributed by atoms with Crippen LogP contribution in [0.25, 0.3) is 0 Å². The fourth-order valence-electron chi connectivity index (χ4n) is 1.69. The van der Waals surface area contributed by atoms with Crippen molar-refractivity contribution in [2.24, 2.45) is 0 Å². The van der Waals surface area contributed by atoms with Gasteiger partial charge in [-0.3, -0.25) is 0 Å². The lowest BCUT2D eigenvalue weighted by Crippen LogP contribution is -2.41. The monoisotopic (exact) mass is 214 g/mol. The second-order valence-corrected chi connectivity index (χ2v) is 4.15. The van der Waals surface area contributed by atoms with Gasteiger partial charge in [-0.2, -0.15) is 0 Å². The third-order valence-electron chi connectivity index (χ3n) is 2.44. The average Bonchev–Trinajstić information content (AvgIpc) is 2.52. The van der Waals surface area contributed by atoms with Crippen LogP contribution >= 0.6 is 0 Å². The Kier molecular flexibility index (Phi) is 3.74. The normalized spacial score (nSPS) is 33.3. The maximum absolute atomic E-state index is 9.72. The molecule has 15 heavy (non-hydrogen) atoms. The minimum absolute atomic E-state index is 0.526. The van der Waals surface area contributed by atoms with Gasteiger partial charge in [-0.15, -0.1) is 6.42 Å². The molecule has 1 aliphatic rings. The van der Waals surface area contributed by atoms with Crippen LogP contribution in [0.5, 0.6) is 0 Å². The molecule has 4 nitrogen and oxygen atoms in total. The van der Waals surface area contributed by atoms with Gasteiger partial charge in [0.1, 0.15) is 18.3 Å². The zero-order chi connectivity index (χ0) is 11.6. The highest BCUT2D eigenvalue weighted by Crippen LogP contribution is 2.32. The first-order valence-electron chi connectivity index (χ1n) is 5.09. The van der Waals surface area contributed by atoms with Gasteiger partial charge in [0.25, 0.3) is 0 Å². The number of terminal acetylenes is 1. The van der Waals surface area contributed by atoms with Crippen molar-refractivity contribution >= 4 is 0 Å². The van der Waals surface area contributed by atoms with Crippen LogP contribution in [0.4, 0.5) is 0 Å². The zero-order valence-corrected chi connectivity index (χ0v) is 9.30. The van der Waals surface area contributed by atoms with E-state index in [2.05, 4.69) is 5.92 Å². The average molecular weight is 214 g/mol. The van der Waals surface area contributed by atoms with Gasteiger partial charge in [-0.25, -0.2) is 0 Å². The molecule has 0 aromatic heterocycles. The Morgan fingerprint density at radius 1 is 1.33 bits per heavy atom. The highest BCUT2D eigenvalue weighted by molar-refractivity contribution is 5.03. The number of hydrogen-bond donors (Lipinski definition) is 2. The summed E-state index contributed by atoms with van der Waals surface area (Å²) in [6.07, 6.45) is 2.67. The highest BCUT2D eigenvalue weighted by atomic mass is 16.8. The molecule has 86 valence electrons. The van der Waals surface area contributed by atoms with Crippen LogP contribution in [0, 0.1) is 12.3 Å². The summed E-state index contributed by atoms with van der Waals surface area (Å²) < 4.78 is 11.0. The number of ether oxygens (including phenoxy) is 2. The Hall–Kier alpha value is -0.600. The van der Waals surface area contributed by atoms with Crippen LogP contribution in [0.15, 0.2) is 0 Å². The molecule has 1 fully saturated rings. The fraction of sp³-hybridized carbons (Fsp3) is 0.818. The summed E-state index contributed by atoms with van der Waals surface area (Å²) in [7, 11) is 0. The molecule has 0 aromatic rings. The van der Waals surface area contributed by atoms with Crippen molar-refractivity contribution in [3.8, 4) is 12.3 Å². The molecule has 1 rings (SSSR count). The molecule has 4 atom stereocenters. The van der Waals surface area contributed by atoms with E-state index in [1.54, 1.807) is 13.8 Å². The van der Waals surface area contributed by atoms with Crippen LogP contribution in [-0.4, -0.2) is 40.4 Å². The Bertz CT molecular complexity index is 256. The molecule has 1 aliphatic heterocycles. The maximum atomic E-state index is 9.72. The van der Waals surface area contributed by atoms with Crippen molar-refractivity contribution < 1.29 is 19.7 Å². The molecular formula is C11H18O4. The van der Waals surface area contributed by atoms with Crippen LogP contribution in [-0.2, 0) is 9.47 Å². The largest absolute Gasteiger partial charge is 0.390 e. The molecular weight excluding hydrogens is 196 g/mol. The van der Waals surface area contributed by atoms with Crippen LogP contribution in [0.1, 0.15) is 27.2 Å². The summed E-state index contributed by atoms with van der Waals surface area (Å²) in [5.74, 6) is 1.38. The predicted octanol–water partition coefficient (Wildman–Crippen LogP) is 0.271. The molecule has 0 aliphatic carbocycles. The van der Waals surface area contributed by atoms with E-state index in [1.165, 1.54) is 0 Å². The lowest BCUT2D eigenvalue weighted by Gasteiger charge is -2.22. The first-order valence-corrected chi connectivity index (χ1v) is 5.09. The topological polar surface area (TPSA) is 58.9 Å². The summed E-state index contributed by atoms with van der Waals surface area (Å²) in [6, 6.07) is 0. The molecule has 0 amide bonds. The fourth-order valence-corrected chi connectivity index (χ4v) is 1.69. The molecule has 1 saturated heterocycles. The Balaban J connectivity index is 2.80. The van der Waals surface area contributed by atoms with Gasteiger partial charge in [-0.1, -0.05) is 12.8 Å². The van der Waals surface area contributed by atoms with E-state index in [0.717, 1.165) is 0 Å². The second-order valence-electron chi connectivity index (χ2n) is 4.15. The number of hydrogen-bond acceptors (Lipinski definition) is 4. The smallest absolute Gasteiger partial charge is 0.164 e. The molecule has 0 unspecified atom stereocenters. The summed E-state index contributed by atoms with van der Waals surface area (Å²) in [5, 5.41) is 19.3. The van der Waals surface area contributed by atoms with Gasteiger partial charge < -0.3 is 19.7 Å². The van der Waals surface area contributed by atoms with Crippen LogP contribution in [0.2, 0.25) is 0 Å². The van der Waals surface area contributed by atoms with E-state index in [1.807, 2.05) is 6.92 Å². The van der Waals surface area contributed by atoms with Crippen molar-refractivity contribution in [2.75, 3.05) is 0 Å². The summed E-state index contributed by atoms with van der Waals surface area (Å²) in [4.78, 5) is 0. The second kappa shape index (κ2) is 4.50. The highest BCUT2D eigenvalue weighted by Gasteiger charge is 2.47.